The van der Waals surface area contributed by atoms with Gasteiger partial charge in [-0.25, -0.2) is 4.98 Å². The van der Waals surface area contributed by atoms with Gasteiger partial charge in [-0.3, -0.25) is 0 Å². The number of nitrogens with zero attached hydrogens (tertiary/aromatic N) is 2. The van der Waals surface area contributed by atoms with Crippen molar-refractivity contribution >= 4 is 5.82 Å². The van der Waals surface area contributed by atoms with Gasteiger partial charge >= 0.3 is 0 Å². The molecule has 3 nitrogen and oxygen atoms in total. The summed E-state index contributed by atoms with van der Waals surface area (Å²) >= 11 is 0. The molecule has 2 saturated carbocycles. The van der Waals surface area contributed by atoms with Gasteiger partial charge in [0.25, 0.3) is 0 Å². The van der Waals surface area contributed by atoms with Gasteiger partial charge in [0.15, 0.2) is 0 Å². The second-order valence-corrected chi connectivity index (χ2v) is 6.26. The number of anilines is 1. The second-order valence-electron chi connectivity index (χ2n) is 6.26. The van der Waals surface area contributed by atoms with Crippen LogP contribution < -0.4 is 5.73 Å². The zero-order chi connectivity index (χ0) is 13.4. The van der Waals surface area contributed by atoms with E-state index in [1.54, 1.807) is 0 Å². The Morgan fingerprint density at radius 1 is 1.21 bits per heavy atom. The van der Waals surface area contributed by atoms with Gasteiger partial charge in [-0.2, -0.15) is 0 Å². The summed E-state index contributed by atoms with van der Waals surface area (Å²) in [5.41, 5.74) is 7.45. The maximum atomic E-state index is 6.33. The SMILES string of the molecule is C#CCn1c(C2CC2)nc(C2CCC(C)CC2)c1N. The maximum absolute atomic E-state index is 6.33. The Balaban J connectivity index is 1.89. The van der Waals surface area contributed by atoms with E-state index in [1.807, 2.05) is 0 Å². The molecular formula is C16H23N3. The van der Waals surface area contributed by atoms with Crippen molar-refractivity contribution in [3.63, 3.8) is 0 Å². The minimum absolute atomic E-state index is 0.549. The summed E-state index contributed by atoms with van der Waals surface area (Å²) in [6, 6.07) is 0. The lowest BCUT2D eigenvalue weighted by molar-refractivity contribution is 0.345. The Hall–Kier alpha value is -1.43. The normalized spacial score (nSPS) is 27.2. The molecule has 2 N–H and O–H groups in total. The zero-order valence-electron chi connectivity index (χ0n) is 11.7. The number of aromatic nitrogens is 2. The molecule has 0 spiro atoms. The number of rotatable bonds is 3. The van der Waals surface area contributed by atoms with Crippen molar-refractivity contribution in [1.29, 1.82) is 0 Å². The number of hydrogen-bond acceptors (Lipinski definition) is 2. The molecule has 0 aliphatic heterocycles. The summed E-state index contributed by atoms with van der Waals surface area (Å²) in [4.78, 5) is 4.88. The van der Waals surface area contributed by atoms with Gasteiger partial charge in [0.1, 0.15) is 11.6 Å². The minimum Gasteiger partial charge on any atom is -0.384 e. The second kappa shape index (κ2) is 4.92. The van der Waals surface area contributed by atoms with Crippen molar-refractivity contribution in [3.8, 4) is 12.3 Å². The summed E-state index contributed by atoms with van der Waals surface area (Å²) in [5.74, 6) is 6.70. The van der Waals surface area contributed by atoms with Crippen LogP contribution in [-0.4, -0.2) is 9.55 Å². The number of imidazole rings is 1. The van der Waals surface area contributed by atoms with E-state index in [4.69, 9.17) is 17.1 Å². The van der Waals surface area contributed by atoms with E-state index < -0.39 is 0 Å². The van der Waals surface area contributed by atoms with Crippen LogP contribution in [0, 0.1) is 18.3 Å². The van der Waals surface area contributed by atoms with Crippen molar-refractivity contribution in [2.24, 2.45) is 5.92 Å². The van der Waals surface area contributed by atoms with Gasteiger partial charge in [-0.1, -0.05) is 25.7 Å². The lowest BCUT2D eigenvalue weighted by Gasteiger charge is -2.25. The Morgan fingerprint density at radius 2 is 1.84 bits per heavy atom. The molecule has 0 aromatic carbocycles. The first-order valence-electron chi connectivity index (χ1n) is 7.50. The van der Waals surface area contributed by atoms with Crippen LogP contribution in [0.1, 0.15) is 68.8 Å². The third-order valence-electron chi connectivity index (χ3n) is 4.66. The minimum atomic E-state index is 0.549. The first-order valence-corrected chi connectivity index (χ1v) is 7.50. The lowest BCUT2D eigenvalue weighted by Crippen LogP contribution is -2.13. The summed E-state index contributed by atoms with van der Waals surface area (Å²) in [6.07, 6.45) is 13.0. The first-order chi connectivity index (χ1) is 9.20. The largest absolute Gasteiger partial charge is 0.384 e. The van der Waals surface area contributed by atoms with Gasteiger partial charge in [-0.05, 0) is 31.6 Å². The Kier molecular flexibility index (Phi) is 3.26. The fourth-order valence-corrected chi connectivity index (χ4v) is 3.25. The van der Waals surface area contributed by atoms with Crippen molar-refractivity contribution in [1.82, 2.24) is 9.55 Å². The molecule has 3 rings (SSSR count). The zero-order valence-corrected chi connectivity index (χ0v) is 11.7. The molecule has 102 valence electrons. The van der Waals surface area contributed by atoms with Crippen LogP contribution in [0.15, 0.2) is 0 Å². The molecule has 2 aliphatic carbocycles. The van der Waals surface area contributed by atoms with Crippen LogP contribution in [0.5, 0.6) is 0 Å². The third kappa shape index (κ3) is 2.36. The van der Waals surface area contributed by atoms with Gasteiger partial charge in [0.05, 0.1) is 12.2 Å². The van der Waals surface area contributed by atoms with E-state index >= 15 is 0 Å². The Bertz CT molecular complexity index is 497. The van der Waals surface area contributed by atoms with Crippen LogP contribution in [0.4, 0.5) is 5.82 Å². The standard InChI is InChI=1S/C16H23N3/c1-3-10-19-15(17)14(18-16(19)13-8-9-13)12-6-4-11(2)5-7-12/h1,11-13H,4-10,17H2,2H3. The molecular weight excluding hydrogens is 234 g/mol. The van der Waals surface area contributed by atoms with Crippen molar-refractivity contribution in [2.75, 3.05) is 5.73 Å². The van der Waals surface area contributed by atoms with Crippen molar-refractivity contribution in [3.05, 3.63) is 11.5 Å². The van der Waals surface area contributed by atoms with Crippen LogP contribution in [0.25, 0.3) is 0 Å². The summed E-state index contributed by atoms with van der Waals surface area (Å²) < 4.78 is 2.07. The highest BCUT2D eigenvalue weighted by atomic mass is 15.1. The molecule has 0 unspecified atom stereocenters. The number of nitrogens with two attached hydrogens (primary N) is 1. The first kappa shape index (κ1) is 12.6. The van der Waals surface area contributed by atoms with Crippen LogP contribution in [0.3, 0.4) is 0 Å². The number of hydrogen-bond donors (Lipinski definition) is 1. The maximum Gasteiger partial charge on any atom is 0.127 e. The highest BCUT2D eigenvalue weighted by molar-refractivity contribution is 5.42. The molecule has 0 amide bonds. The predicted octanol–water partition coefficient (Wildman–Crippen LogP) is 3.27. The van der Waals surface area contributed by atoms with Crippen LogP contribution in [-0.2, 0) is 6.54 Å². The summed E-state index contributed by atoms with van der Waals surface area (Å²) in [7, 11) is 0. The average molecular weight is 257 g/mol. The highest BCUT2D eigenvalue weighted by Crippen LogP contribution is 2.43. The van der Waals surface area contributed by atoms with Crippen LogP contribution in [0.2, 0.25) is 0 Å². The molecule has 19 heavy (non-hydrogen) atoms. The Labute approximate surface area is 115 Å². The molecule has 0 atom stereocenters. The third-order valence-corrected chi connectivity index (χ3v) is 4.66. The molecule has 2 aliphatic rings. The number of terminal acetylenes is 1. The number of nitrogen functional groups attached to an aromatic ring is 1. The van der Waals surface area contributed by atoms with E-state index in [0.717, 1.165) is 23.3 Å². The molecule has 0 saturated heterocycles. The van der Waals surface area contributed by atoms with Crippen molar-refractivity contribution < 1.29 is 0 Å². The van der Waals surface area contributed by atoms with Gasteiger partial charge in [0.2, 0.25) is 0 Å². The van der Waals surface area contributed by atoms with E-state index in [1.165, 1.54) is 38.5 Å². The fourth-order valence-electron chi connectivity index (χ4n) is 3.25. The quantitative estimate of drug-likeness (QED) is 0.845. The lowest BCUT2D eigenvalue weighted by atomic mass is 9.81. The average Bonchev–Trinajstić information content (AvgIpc) is 3.19. The molecule has 1 aromatic heterocycles. The fraction of sp³-hybridized carbons (Fsp3) is 0.688. The van der Waals surface area contributed by atoms with E-state index in [-0.39, 0.29) is 0 Å². The van der Waals surface area contributed by atoms with Gasteiger partial charge < -0.3 is 10.3 Å². The molecule has 2 fully saturated rings. The molecule has 1 heterocycles. The summed E-state index contributed by atoms with van der Waals surface area (Å²) in [5, 5.41) is 0. The molecule has 0 radical (unpaired) electrons. The van der Waals surface area contributed by atoms with Crippen LogP contribution >= 0.6 is 0 Å². The highest BCUT2D eigenvalue weighted by Gasteiger charge is 2.33. The smallest absolute Gasteiger partial charge is 0.127 e. The molecule has 3 heteroatoms. The Morgan fingerprint density at radius 3 is 2.42 bits per heavy atom. The van der Waals surface area contributed by atoms with E-state index in [0.29, 0.717) is 18.4 Å². The molecule has 0 bridgehead atoms. The van der Waals surface area contributed by atoms with E-state index in [2.05, 4.69) is 17.4 Å². The topological polar surface area (TPSA) is 43.8 Å². The predicted molar refractivity (Wildman–Crippen MR) is 77.8 cm³/mol. The van der Waals surface area contributed by atoms with Crippen molar-refractivity contribution in [2.45, 2.75) is 63.8 Å². The molecule has 1 aromatic rings. The van der Waals surface area contributed by atoms with Gasteiger partial charge in [0, 0.05) is 11.8 Å². The van der Waals surface area contributed by atoms with Gasteiger partial charge in [-0.15, -0.1) is 6.42 Å². The monoisotopic (exact) mass is 257 g/mol. The van der Waals surface area contributed by atoms with E-state index in [9.17, 15) is 0 Å². The summed E-state index contributed by atoms with van der Waals surface area (Å²) in [6.45, 7) is 2.90.